The molecule has 0 saturated carbocycles. The van der Waals surface area contributed by atoms with E-state index in [1.54, 1.807) is 19.2 Å². The second-order valence-corrected chi connectivity index (χ2v) is 6.98. The van der Waals surface area contributed by atoms with Crippen LogP contribution in [0.3, 0.4) is 0 Å². The first-order valence-electron chi connectivity index (χ1n) is 8.87. The minimum absolute atomic E-state index is 0.0689. The third-order valence-corrected chi connectivity index (χ3v) is 4.46. The number of urea groups is 1. The Balaban J connectivity index is 2.00. The van der Waals surface area contributed by atoms with Gasteiger partial charge in [-0.25, -0.2) is 4.79 Å². The van der Waals surface area contributed by atoms with Crippen molar-refractivity contribution < 1.29 is 14.3 Å². The maximum absolute atomic E-state index is 12.7. The van der Waals surface area contributed by atoms with Crippen LogP contribution in [0.25, 0.3) is 0 Å². The highest BCUT2D eigenvalue weighted by molar-refractivity contribution is 5.96. The van der Waals surface area contributed by atoms with Gasteiger partial charge in [0.1, 0.15) is 0 Å². The highest BCUT2D eigenvalue weighted by Crippen LogP contribution is 2.21. The Labute approximate surface area is 149 Å². The fraction of sp³-hybridized carbons (Fsp3) is 0.579. The standard InChI is InChI=1S/C19H29N3O3/c1-13-6-5-9-22(11-13)18(23)16-7-8-17(14(2)10-16)21-19(24)20-15(3)12-25-4/h7-8,10,13,15H,5-6,9,11-12H2,1-4H3,(H2,20,21,24). The number of hydrogen-bond acceptors (Lipinski definition) is 3. The SMILES string of the molecule is COCC(C)NC(=O)Nc1ccc(C(=O)N2CCCC(C)C2)cc1C. The number of methoxy groups -OCH3 is 1. The number of nitrogens with zero attached hydrogens (tertiary/aromatic N) is 1. The van der Waals surface area contributed by atoms with E-state index in [9.17, 15) is 9.59 Å². The minimum Gasteiger partial charge on any atom is -0.383 e. The van der Waals surface area contributed by atoms with Crippen LogP contribution in [0.1, 0.15) is 42.6 Å². The van der Waals surface area contributed by atoms with Gasteiger partial charge in [0, 0.05) is 31.5 Å². The van der Waals surface area contributed by atoms with Crippen LogP contribution in [0.5, 0.6) is 0 Å². The normalized spacial score (nSPS) is 18.6. The predicted octanol–water partition coefficient (Wildman–Crippen LogP) is 3.02. The number of hydrogen-bond donors (Lipinski definition) is 2. The molecule has 2 rings (SSSR count). The summed E-state index contributed by atoms with van der Waals surface area (Å²) in [6.45, 7) is 8.04. The predicted molar refractivity (Wildman–Crippen MR) is 99.0 cm³/mol. The summed E-state index contributed by atoms with van der Waals surface area (Å²) in [4.78, 5) is 26.6. The lowest BCUT2D eigenvalue weighted by atomic mass is 9.99. The van der Waals surface area contributed by atoms with E-state index in [-0.39, 0.29) is 18.0 Å². The Bertz CT molecular complexity index is 618. The first kappa shape index (κ1) is 19.2. The van der Waals surface area contributed by atoms with Gasteiger partial charge in [-0.05, 0) is 56.4 Å². The van der Waals surface area contributed by atoms with E-state index < -0.39 is 0 Å². The van der Waals surface area contributed by atoms with Crippen molar-refractivity contribution in [1.29, 1.82) is 0 Å². The first-order chi connectivity index (χ1) is 11.9. The summed E-state index contributed by atoms with van der Waals surface area (Å²) in [5, 5.41) is 5.62. The van der Waals surface area contributed by atoms with Gasteiger partial charge >= 0.3 is 6.03 Å². The zero-order chi connectivity index (χ0) is 18.4. The fourth-order valence-electron chi connectivity index (χ4n) is 3.17. The summed E-state index contributed by atoms with van der Waals surface area (Å²) in [5.41, 5.74) is 2.24. The second-order valence-electron chi connectivity index (χ2n) is 6.98. The number of nitrogens with one attached hydrogen (secondary N) is 2. The summed E-state index contributed by atoms with van der Waals surface area (Å²) in [6.07, 6.45) is 2.24. The topological polar surface area (TPSA) is 70.7 Å². The van der Waals surface area contributed by atoms with Gasteiger partial charge in [0.05, 0.1) is 12.6 Å². The van der Waals surface area contributed by atoms with Crippen molar-refractivity contribution in [3.05, 3.63) is 29.3 Å². The molecule has 138 valence electrons. The van der Waals surface area contributed by atoms with E-state index in [1.807, 2.05) is 24.8 Å². The molecule has 6 nitrogen and oxygen atoms in total. The van der Waals surface area contributed by atoms with Crippen LogP contribution in [0, 0.1) is 12.8 Å². The molecule has 2 unspecified atom stereocenters. The van der Waals surface area contributed by atoms with E-state index in [1.165, 1.54) is 6.42 Å². The molecule has 0 aliphatic carbocycles. The van der Waals surface area contributed by atoms with E-state index in [0.29, 0.717) is 23.8 Å². The quantitative estimate of drug-likeness (QED) is 0.860. The van der Waals surface area contributed by atoms with Crippen molar-refractivity contribution in [3.8, 4) is 0 Å². The molecule has 1 aliphatic heterocycles. The minimum atomic E-state index is -0.281. The number of carbonyl (C=O) groups excluding carboxylic acids is 2. The third kappa shape index (κ3) is 5.46. The van der Waals surface area contributed by atoms with Crippen molar-refractivity contribution >= 4 is 17.6 Å². The third-order valence-electron chi connectivity index (χ3n) is 4.46. The molecule has 1 aromatic rings. The lowest BCUT2D eigenvalue weighted by molar-refractivity contribution is 0.0683. The molecular weight excluding hydrogens is 318 g/mol. The van der Waals surface area contributed by atoms with Gasteiger partial charge in [0.2, 0.25) is 0 Å². The van der Waals surface area contributed by atoms with Crippen molar-refractivity contribution in [2.24, 2.45) is 5.92 Å². The van der Waals surface area contributed by atoms with Gasteiger partial charge in [-0.15, -0.1) is 0 Å². The molecule has 1 fully saturated rings. The maximum Gasteiger partial charge on any atom is 0.319 e. The lowest BCUT2D eigenvalue weighted by Crippen LogP contribution is -2.39. The molecule has 25 heavy (non-hydrogen) atoms. The molecule has 0 aromatic heterocycles. The average molecular weight is 347 g/mol. The number of anilines is 1. The van der Waals surface area contributed by atoms with Gasteiger partial charge in [-0.3, -0.25) is 4.79 Å². The van der Waals surface area contributed by atoms with E-state index in [0.717, 1.165) is 25.1 Å². The van der Waals surface area contributed by atoms with E-state index in [4.69, 9.17) is 4.74 Å². The van der Waals surface area contributed by atoms with Crippen molar-refractivity contribution in [3.63, 3.8) is 0 Å². The van der Waals surface area contributed by atoms with Crippen molar-refractivity contribution in [2.75, 3.05) is 32.1 Å². The summed E-state index contributed by atoms with van der Waals surface area (Å²) >= 11 is 0. The summed E-state index contributed by atoms with van der Waals surface area (Å²) < 4.78 is 5.00. The van der Waals surface area contributed by atoms with Crippen LogP contribution in [0.15, 0.2) is 18.2 Å². The molecule has 0 radical (unpaired) electrons. The highest BCUT2D eigenvalue weighted by Gasteiger charge is 2.22. The number of benzene rings is 1. The Hall–Kier alpha value is -2.08. The van der Waals surface area contributed by atoms with Crippen molar-refractivity contribution in [1.82, 2.24) is 10.2 Å². The molecule has 2 N–H and O–H groups in total. The van der Waals surface area contributed by atoms with Crippen LogP contribution >= 0.6 is 0 Å². The van der Waals surface area contributed by atoms with E-state index >= 15 is 0 Å². The molecule has 1 aromatic carbocycles. The maximum atomic E-state index is 12.7. The van der Waals surface area contributed by atoms with Crippen LogP contribution in [-0.2, 0) is 4.74 Å². The lowest BCUT2D eigenvalue weighted by Gasteiger charge is -2.31. The Kier molecular flexibility index (Phi) is 6.82. The Morgan fingerprint density at radius 2 is 2.16 bits per heavy atom. The highest BCUT2D eigenvalue weighted by atomic mass is 16.5. The van der Waals surface area contributed by atoms with Crippen LogP contribution in [-0.4, -0.2) is 49.7 Å². The van der Waals surface area contributed by atoms with Gasteiger partial charge in [-0.1, -0.05) is 6.92 Å². The number of aryl methyl sites for hydroxylation is 1. The molecular formula is C19H29N3O3. The fourth-order valence-corrected chi connectivity index (χ4v) is 3.17. The van der Waals surface area contributed by atoms with Gasteiger partial charge in [-0.2, -0.15) is 0 Å². The number of ether oxygens (including phenoxy) is 1. The molecule has 1 aliphatic rings. The monoisotopic (exact) mass is 347 g/mol. The second kappa shape index (κ2) is 8.85. The van der Waals surface area contributed by atoms with Gasteiger partial charge in [0.15, 0.2) is 0 Å². The Morgan fingerprint density at radius 3 is 2.80 bits per heavy atom. The van der Waals surface area contributed by atoms with Crippen LogP contribution < -0.4 is 10.6 Å². The van der Waals surface area contributed by atoms with Crippen LogP contribution in [0.4, 0.5) is 10.5 Å². The number of piperidine rings is 1. The average Bonchev–Trinajstić information content (AvgIpc) is 2.56. The van der Waals surface area contributed by atoms with E-state index in [2.05, 4.69) is 17.6 Å². The number of carbonyl (C=O) groups is 2. The van der Waals surface area contributed by atoms with Gasteiger partial charge < -0.3 is 20.3 Å². The molecule has 1 heterocycles. The molecule has 0 bridgehead atoms. The smallest absolute Gasteiger partial charge is 0.319 e. The van der Waals surface area contributed by atoms with Crippen LogP contribution in [0.2, 0.25) is 0 Å². The molecule has 6 heteroatoms. The molecule has 0 spiro atoms. The van der Waals surface area contributed by atoms with Crippen molar-refractivity contribution in [2.45, 2.75) is 39.7 Å². The molecule has 3 amide bonds. The molecule has 1 saturated heterocycles. The van der Waals surface area contributed by atoms with Gasteiger partial charge in [0.25, 0.3) is 5.91 Å². The summed E-state index contributed by atoms with van der Waals surface area (Å²) in [6, 6.07) is 5.05. The number of amides is 3. The summed E-state index contributed by atoms with van der Waals surface area (Å²) in [7, 11) is 1.60. The molecule has 2 atom stereocenters. The summed E-state index contributed by atoms with van der Waals surface area (Å²) in [5.74, 6) is 0.622. The zero-order valence-electron chi connectivity index (χ0n) is 15.6. The largest absolute Gasteiger partial charge is 0.383 e. The zero-order valence-corrected chi connectivity index (χ0v) is 15.6. The Morgan fingerprint density at radius 1 is 1.40 bits per heavy atom. The number of rotatable bonds is 5. The first-order valence-corrected chi connectivity index (χ1v) is 8.87. The number of likely N-dealkylation sites (tertiary alicyclic amines) is 1.